The first-order chi connectivity index (χ1) is 21.5. The van der Waals surface area contributed by atoms with Crippen molar-refractivity contribution in [1.82, 2.24) is 10.2 Å². The molecule has 0 spiro atoms. The van der Waals surface area contributed by atoms with Gasteiger partial charge in [-0.1, -0.05) is 88.2 Å². The van der Waals surface area contributed by atoms with Crippen LogP contribution in [0.3, 0.4) is 0 Å². The molecule has 45 heavy (non-hydrogen) atoms. The van der Waals surface area contributed by atoms with Gasteiger partial charge in [-0.05, 0) is 67.4 Å². The van der Waals surface area contributed by atoms with Gasteiger partial charge >= 0.3 is 0 Å². The maximum Gasteiger partial charge on any atom is 0.264 e. The highest BCUT2D eigenvalue weighted by atomic mass is 79.9. The van der Waals surface area contributed by atoms with Crippen molar-refractivity contribution in [1.29, 1.82) is 0 Å². The first-order valence-corrected chi connectivity index (χ1v) is 16.9. The third-order valence-electron chi connectivity index (χ3n) is 6.96. The molecule has 0 saturated heterocycles. The summed E-state index contributed by atoms with van der Waals surface area (Å²) in [5, 5.41) is 3.21. The van der Waals surface area contributed by atoms with Crippen molar-refractivity contribution in [3.63, 3.8) is 0 Å². The molecule has 0 aliphatic carbocycles. The zero-order valence-corrected chi connectivity index (χ0v) is 28.3. The normalized spacial score (nSPS) is 12.0. The third kappa shape index (κ3) is 8.87. The van der Waals surface area contributed by atoms with Crippen molar-refractivity contribution in [2.45, 2.75) is 43.8 Å². The number of halogens is 2. The van der Waals surface area contributed by atoms with Crippen LogP contribution in [0.15, 0.2) is 112 Å². The molecular formula is C34H35BrClN3O5S. The van der Waals surface area contributed by atoms with Crippen molar-refractivity contribution in [3.05, 3.63) is 124 Å². The smallest absolute Gasteiger partial charge is 0.264 e. The maximum atomic E-state index is 14.6. The zero-order valence-electron chi connectivity index (χ0n) is 25.2. The van der Waals surface area contributed by atoms with E-state index in [0.717, 1.165) is 19.9 Å². The van der Waals surface area contributed by atoms with Crippen LogP contribution in [0.25, 0.3) is 0 Å². The van der Waals surface area contributed by atoms with Crippen LogP contribution in [-0.2, 0) is 32.6 Å². The number of amides is 2. The number of hydrogen-bond acceptors (Lipinski definition) is 5. The molecule has 0 fully saturated rings. The monoisotopic (exact) mass is 711 g/mol. The highest BCUT2D eigenvalue weighted by Gasteiger charge is 2.35. The number of carbonyl (C=O) groups excluding carboxylic acids is 2. The van der Waals surface area contributed by atoms with Gasteiger partial charge in [-0.15, -0.1) is 0 Å². The minimum atomic E-state index is -4.30. The third-order valence-corrected chi connectivity index (χ3v) is 9.47. The molecule has 0 aliphatic rings. The maximum absolute atomic E-state index is 14.6. The quantitative estimate of drug-likeness (QED) is 0.172. The molecule has 1 N–H and O–H groups in total. The molecule has 4 aromatic carbocycles. The lowest BCUT2D eigenvalue weighted by Gasteiger charge is -2.34. The van der Waals surface area contributed by atoms with Crippen molar-refractivity contribution in [2.24, 2.45) is 0 Å². The Hall–Kier alpha value is -3.86. The summed E-state index contributed by atoms with van der Waals surface area (Å²) in [7, 11) is -2.89. The summed E-state index contributed by atoms with van der Waals surface area (Å²) in [6.45, 7) is 3.12. The molecule has 4 rings (SSSR count). The van der Waals surface area contributed by atoms with Gasteiger partial charge in [0.25, 0.3) is 10.0 Å². The number of methoxy groups -OCH3 is 1. The van der Waals surface area contributed by atoms with Crippen molar-refractivity contribution in [2.75, 3.05) is 18.0 Å². The summed E-state index contributed by atoms with van der Waals surface area (Å²) in [5.41, 5.74) is 1.69. The van der Waals surface area contributed by atoms with Crippen LogP contribution in [0.2, 0.25) is 5.02 Å². The Morgan fingerprint density at radius 1 is 0.889 bits per heavy atom. The number of nitrogens with zero attached hydrogens (tertiary/aromatic N) is 2. The number of ether oxygens (including phenoxy) is 1. The van der Waals surface area contributed by atoms with E-state index in [1.165, 1.54) is 30.2 Å². The Morgan fingerprint density at radius 3 is 2.16 bits per heavy atom. The van der Waals surface area contributed by atoms with Gasteiger partial charge in [-0.2, -0.15) is 0 Å². The van der Waals surface area contributed by atoms with Crippen molar-refractivity contribution >= 4 is 55.1 Å². The Morgan fingerprint density at radius 2 is 1.53 bits per heavy atom. The molecule has 0 radical (unpaired) electrons. The van der Waals surface area contributed by atoms with Crippen LogP contribution in [0.1, 0.15) is 25.0 Å². The van der Waals surface area contributed by atoms with Crippen LogP contribution in [-0.4, -0.2) is 50.9 Å². The lowest BCUT2D eigenvalue weighted by Crippen LogP contribution is -2.54. The largest absolute Gasteiger partial charge is 0.495 e. The molecular weight excluding hydrogens is 678 g/mol. The second kappa shape index (κ2) is 15.4. The predicted octanol–water partition coefficient (Wildman–Crippen LogP) is 6.47. The zero-order chi connectivity index (χ0) is 32.6. The van der Waals surface area contributed by atoms with Crippen LogP contribution in [0.5, 0.6) is 5.75 Å². The second-order valence-corrected chi connectivity index (χ2v) is 13.9. The Bertz CT molecular complexity index is 1720. The number of benzene rings is 4. The highest BCUT2D eigenvalue weighted by molar-refractivity contribution is 9.10. The summed E-state index contributed by atoms with van der Waals surface area (Å²) in [6.07, 6.45) is 0.213. The predicted molar refractivity (Wildman–Crippen MR) is 181 cm³/mol. The van der Waals surface area contributed by atoms with Gasteiger partial charge in [-0.25, -0.2) is 8.42 Å². The number of hydrogen-bond donors (Lipinski definition) is 1. The first-order valence-electron chi connectivity index (χ1n) is 14.3. The lowest BCUT2D eigenvalue weighted by atomic mass is 10.0. The number of rotatable bonds is 13. The van der Waals surface area contributed by atoms with Crippen LogP contribution >= 0.6 is 27.5 Å². The lowest BCUT2D eigenvalue weighted by molar-refractivity contribution is -0.140. The average Bonchev–Trinajstić information content (AvgIpc) is 3.02. The number of anilines is 1. The summed E-state index contributed by atoms with van der Waals surface area (Å²) in [5.74, 6) is -0.727. The van der Waals surface area contributed by atoms with Gasteiger partial charge in [0.15, 0.2) is 0 Å². The van der Waals surface area contributed by atoms with Crippen LogP contribution in [0.4, 0.5) is 5.69 Å². The average molecular weight is 713 g/mol. The topological polar surface area (TPSA) is 96.0 Å². The number of sulfonamides is 1. The van der Waals surface area contributed by atoms with Crippen LogP contribution < -0.4 is 14.4 Å². The molecule has 236 valence electrons. The Kier molecular flexibility index (Phi) is 11.7. The van der Waals surface area contributed by atoms with E-state index in [0.29, 0.717) is 0 Å². The molecule has 11 heteroatoms. The SMILES string of the molecule is COc1ccc(Cl)cc1N(CC(=O)N(Cc1cccc(Br)c1)C(Cc1ccccc1)C(=O)NC(C)C)S(=O)(=O)c1ccccc1. The van der Waals surface area contributed by atoms with Gasteiger partial charge in [0.1, 0.15) is 18.3 Å². The Labute approximate surface area is 278 Å². The molecule has 0 heterocycles. The van der Waals surface area contributed by atoms with E-state index in [1.807, 2.05) is 68.4 Å². The summed E-state index contributed by atoms with van der Waals surface area (Å²) < 4.78 is 35.7. The molecule has 0 bridgehead atoms. The standard InChI is InChI=1S/C34H35BrClN3O5S/c1-24(2)37-34(41)31(20-25-11-6-4-7-12-25)38(22-26-13-10-14-27(35)19-26)33(40)23-39(30-21-28(36)17-18-32(30)44-3)45(42,43)29-15-8-5-9-16-29/h4-19,21,24,31H,20,22-23H2,1-3H3,(H,37,41). The van der Waals surface area contributed by atoms with Gasteiger partial charge in [-0.3, -0.25) is 13.9 Å². The van der Waals surface area contributed by atoms with Gasteiger partial charge < -0.3 is 15.0 Å². The minimum absolute atomic E-state index is 0.0169. The van der Waals surface area contributed by atoms with E-state index >= 15 is 0 Å². The van der Waals surface area contributed by atoms with E-state index in [-0.39, 0.29) is 46.3 Å². The molecule has 0 aliphatic heterocycles. The second-order valence-electron chi connectivity index (χ2n) is 10.7. The van der Waals surface area contributed by atoms with E-state index in [4.69, 9.17) is 16.3 Å². The first kappa shape index (κ1) is 34.0. The molecule has 0 saturated carbocycles. The molecule has 1 atom stereocenters. The fraction of sp³-hybridized carbons (Fsp3) is 0.235. The molecule has 0 aromatic heterocycles. The molecule has 8 nitrogen and oxygen atoms in total. The van der Waals surface area contributed by atoms with Gasteiger partial charge in [0.05, 0.1) is 17.7 Å². The van der Waals surface area contributed by atoms with E-state index in [1.54, 1.807) is 30.3 Å². The molecule has 2 amide bonds. The summed E-state index contributed by atoms with van der Waals surface area (Å²) in [6, 6.07) is 28.0. The molecule has 1 unspecified atom stereocenters. The highest BCUT2D eigenvalue weighted by Crippen LogP contribution is 2.35. The van der Waals surface area contributed by atoms with Crippen LogP contribution in [0, 0.1) is 0 Å². The number of nitrogens with one attached hydrogen (secondary N) is 1. The van der Waals surface area contributed by atoms with Gasteiger partial charge in [0, 0.05) is 28.5 Å². The molecule has 4 aromatic rings. The van der Waals surface area contributed by atoms with E-state index in [9.17, 15) is 18.0 Å². The fourth-order valence-corrected chi connectivity index (χ4v) is 6.91. The summed E-state index contributed by atoms with van der Waals surface area (Å²) in [4.78, 5) is 29.8. The Balaban J connectivity index is 1.85. The fourth-order valence-electron chi connectivity index (χ4n) is 4.86. The van der Waals surface area contributed by atoms with Crippen molar-refractivity contribution < 1.29 is 22.7 Å². The minimum Gasteiger partial charge on any atom is -0.495 e. The number of carbonyl (C=O) groups is 2. The summed E-state index contributed by atoms with van der Waals surface area (Å²) >= 11 is 9.83. The van der Waals surface area contributed by atoms with Gasteiger partial charge in [0.2, 0.25) is 11.8 Å². The van der Waals surface area contributed by atoms with Crippen molar-refractivity contribution in [3.8, 4) is 5.75 Å². The van der Waals surface area contributed by atoms with E-state index < -0.39 is 28.5 Å². The van der Waals surface area contributed by atoms with E-state index in [2.05, 4.69) is 21.2 Å².